The monoisotopic (exact) mass is 348 g/mol. The maximum Gasteiger partial charge on any atom is 0.0949 e. The molecule has 5 heteroatoms. The highest BCUT2D eigenvalue weighted by molar-refractivity contribution is 7.98. The van der Waals surface area contributed by atoms with Crippen LogP contribution >= 0.6 is 35.0 Å². The van der Waals surface area contributed by atoms with Crippen molar-refractivity contribution in [3.8, 4) is 0 Å². The molecule has 0 radical (unpaired) electrons. The first-order valence-electron chi connectivity index (χ1n) is 6.83. The molecular formula is C17H14Cl2N2S. The SMILES string of the molecule is Clc1ccc(CSc2ccccc2Cn2ccnc2)c(Cl)c1. The summed E-state index contributed by atoms with van der Waals surface area (Å²) in [6.45, 7) is 0.817. The first-order valence-corrected chi connectivity index (χ1v) is 8.57. The first-order chi connectivity index (χ1) is 10.7. The van der Waals surface area contributed by atoms with Gasteiger partial charge in [-0.15, -0.1) is 11.8 Å². The summed E-state index contributed by atoms with van der Waals surface area (Å²) in [5.74, 6) is 0.816. The Hall–Kier alpha value is -1.42. The van der Waals surface area contributed by atoms with E-state index in [0.717, 1.165) is 17.9 Å². The van der Waals surface area contributed by atoms with E-state index in [1.807, 2.05) is 24.7 Å². The van der Waals surface area contributed by atoms with Crippen LogP contribution in [0.1, 0.15) is 11.1 Å². The molecule has 1 heterocycles. The Morgan fingerprint density at radius 3 is 2.68 bits per heavy atom. The average Bonchev–Trinajstić information content (AvgIpc) is 3.01. The standard InChI is InChI=1S/C17H14Cl2N2S/c18-15-6-5-14(16(19)9-15)11-22-17-4-2-1-3-13(17)10-21-8-7-20-12-21/h1-9,12H,10-11H2. The molecule has 3 rings (SSSR count). The second-order valence-corrected chi connectivity index (χ2v) is 6.73. The highest BCUT2D eigenvalue weighted by Gasteiger charge is 2.06. The van der Waals surface area contributed by atoms with Crippen molar-refractivity contribution in [3.05, 3.63) is 82.4 Å². The Morgan fingerprint density at radius 2 is 1.91 bits per heavy atom. The average molecular weight is 349 g/mol. The van der Waals surface area contributed by atoms with Gasteiger partial charge in [0.2, 0.25) is 0 Å². The molecule has 0 bridgehead atoms. The maximum atomic E-state index is 6.24. The van der Waals surface area contributed by atoms with Crippen molar-refractivity contribution in [1.82, 2.24) is 9.55 Å². The number of halogens is 2. The second-order valence-electron chi connectivity index (χ2n) is 4.87. The zero-order valence-electron chi connectivity index (χ0n) is 11.7. The molecule has 0 aliphatic heterocycles. The molecule has 1 aromatic heterocycles. The molecule has 0 aliphatic carbocycles. The number of thioether (sulfide) groups is 1. The molecule has 3 aromatic rings. The predicted molar refractivity (Wildman–Crippen MR) is 93.8 cm³/mol. The van der Waals surface area contributed by atoms with Crippen molar-refractivity contribution in [2.75, 3.05) is 0 Å². The molecule has 112 valence electrons. The van der Waals surface area contributed by atoms with Crippen molar-refractivity contribution < 1.29 is 0 Å². The van der Waals surface area contributed by atoms with E-state index in [-0.39, 0.29) is 0 Å². The van der Waals surface area contributed by atoms with Crippen molar-refractivity contribution in [1.29, 1.82) is 0 Å². The summed E-state index contributed by atoms with van der Waals surface area (Å²) in [6.07, 6.45) is 5.60. The lowest BCUT2D eigenvalue weighted by Gasteiger charge is -2.10. The zero-order valence-corrected chi connectivity index (χ0v) is 14.1. The molecule has 0 atom stereocenters. The molecule has 0 spiro atoms. The highest BCUT2D eigenvalue weighted by Crippen LogP contribution is 2.30. The Bertz CT molecular complexity index is 757. The molecule has 2 aromatic carbocycles. The minimum Gasteiger partial charge on any atom is -0.333 e. The third kappa shape index (κ3) is 3.86. The summed E-state index contributed by atoms with van der Waals surface area (Å²) in [5, 5.41) is 1.38. The van der Waals surface area contributed by atoms with Crippen molar-refractivity contribution in [2.24, 2.45) is 0 Å². The summed E-state index contributed by atoms with van der Waals surface area (Å²) in [6, 6.07) is 14.1. The van der Waals surface area contributed by atoms with Gasteiger partial charge in [0.25, 0.3) is 0 Å². The molecule has 0 unspecified atom stereocenters. The number of aromatic nitrogens is 2. The van der Waals surface area contributed by atoms with Crippen LogP contribution in [0.3, 0.4) is 0 Å². The van der Waals surface area contributed by atoms with Crippen LogP contribution in [0.5, 0.6) is 0 Å². The molecular weight excluding hydrogens is 335 g/mol. The Balaban J connectivity index is 1.75. The van der Waals surface area contributed by atoms with Crippen LogP contribution in [0.4, 0.5) is 0 Å². The number of nitrogens with zero attached hydrogens (tertiary/aromatic N) is 2. The molecule has 0 aliphatic rings. The van der Waals surface area contributed by atoms with Crippen LogP contribution in [-0.4, -0.2) is 9.55 Å². The van der Waals surface area contributed by atoms with E-state index in [0.29, 0.717) is 10.0 Å². The third-order valence-electron chi connectivity index (χ3n) is 3.28. The fraction of sp³-hybridized carbons (Fsp3) is 0.118. The lowest BCUT2D eigenvalue weighted by atomic mass is 10.2. The van der Waals surface area contributed by atoms with Gasteiger partial charge in [-0.05, 0) is 29.3 Å². The van der Waals surface area contributed by atoms with E-state index in [9.17, 15) is 0 Å². The number of hydrogen-bond donors (Lipinski definition) is 0. The molecule has 0 fully saturated rings. The molecule has 2 nitrogen and oxygen atoms in total. The summed E-state index contributed by atoms with van der Waals surface area (Å²) in [5.41, 5.74) is 2.36. The van der Waals surface area contributed by atoms with Gasteiger partial charge in [0.05, 0.1) is 6.33 Å². The van der Waals surface area contributed by atoms with E-state index < -0.39 is 0 Å². The number of imidazole rings is 1. The molecule has 0 N–H and O–H groups in total. The summed E-state index contributed by atoms with van der Waals surface area (Å²) in [7, 11) is 0. The van der Waals surface area contributed by atoms with E-state index in [2.05, 4.69) is 33.8 Å². The zero-order chi connectivity index (χ0) is 15.4. The fourth-order valence-corrected chi connectivity index (χ4v) is 3.76. The smallest absolute Gasteiger partial charge is 0.0949 e. The van der Waals surface area contributed by atoms with Crippen molar-refractivity contribution >= 4 is 35.0 Å². The second kappa shape index (κ2) is 7.23. The van der Waals surface area contributed by atoms with E-state index >= 15 is 0 Å². The molecule has 22 heavy (non-hydrogen) atoms. The van der Waals surface area contributed by atoms with Crippen LogP contribution in [-0.2, 0) is 12.3 Å². The summed E-state index contributed by atoms with van der Waals surface area (Å²) in [4.78, 5) is 5.34. The number of benzene rings is 2. The van der Waals surface area contributed by atoms with Crippen molar-refractivity contribution in [3.63, 3.8) is 0 Å². The van der Waals surface area contributed by atoms with Gasteiger partial charge in [0, 0.05) is 39.6 Å². The van der Waals surface area contributed by atoms with Gasteiger partial charge >= 0.3 is 0 Å². The first kappa shape index (κ1) is 15.5. The van der Waals surface area contributed by atoms with Crippen LogP contribution in [0.25, 0.3) is 0 Å². The van der Waals surface area contributed by atoms with Crippen LogP contribution in [0.2, 0.25) is 10.0 Å². The Labute approximate surface area is 144 Å². The minimum absolute atomic E-state index is 0.666. The van der Waals surface area contributed by atoms with Gasteiger partial charge in [-0.25, -0.2) is 4.98 Å². The van der Waals surface area contributed by atoms with E-state index in [1.165, 1.54) is 10.5 Å². The Kier molecular flexibility index (Phi) is 5.08. The topological polar surface area (TPSA) is 17.8 Å². The summed E-state index contributed by atoms with van der Waals surface area (Å²) >= 11 is 14.0. The minimum atomic E-state index is 0.666. The molecule has 0 saturated carbocycles. The van der Waals surface area contributed by atoms with Gasteiger partial charge in [0.15, 0.2) is 0 Å². The van der Waals surface area contributed by atoms with E-state index in [1.54, 1.807) is 24.0 Å². The quantitative estimate of drug-likeness (QED) is 0.564. The molecule has 0 saturated heterocycles. The predicted octanol–water partition coefficient (Wildman–Crippen LogP) is 5.53. The van der Waals surface area contributed by atoms with Gasteiger partial charge in [0.1, 0.15) is 0 Å². The van der Waals surface area contributed by atoms with Crippen LogP contribution < -0.4 is 0 Å². The highest BCUT2D eigenvalue weighted by atomic mass is 35.5. The summed E-state index contributed by atoms with van der Waals surface area (Å²) < 4.78 is 2.06. The normalized spacial score (nSPS) is 10.8. The lowest BCUT2D eigenvalue weighted by Crippen LogP contribution is -1.98. The van der Waals surface area contributed by atoms with Gasteiger partial charge in [-0.2, -0.15) is 0 Å². The lowest BCUT2D eigenvalue weighted by molar-refractivity contribution is 0.784. The molecule has 0 amide bonds. The van der Waals surface area contributed by atoms with Gasteiger partial charge < -0.3 is 4.57 Å². The number of rotatable bonds is 5. The van der Waals surface area contributed by atoms with Crippen LogP contribution in [0, 0.1) is 0 Å². The van der Waals surface area contributed by atoms with Crippen LogP contribution in [0.15, 0.2) is 66.1 Å². The third-order valence-corrected chi connectivity index (χ3v) is 5.03. The van der Waals surface area contributed by atoms with E-state index in [4.69, 9.17) is 23.2 Å². The number of hydrogen-bond acceptors (Lipinski definition) is 2. The van der Waals surface area contributed by atoms with Gasteiger partial charge in [-0.1, -0.05) is 47.5 Å². The largest absolute Gasteiger partial charge is 0.333 e. The van der Waals surface area contributed by atoms with Gasteiger partial charge in [-0.3, -0.25) is 0 Å². The Morgan fingerprint density at radius 1 is 1.05 bits per heavy atom. The van der Waals surface area contributed by atoms with Crippen molar-refractivity contribution in [2.45, 2.75) is 17.2 Å². The maximum absolute atomic E-state index is 6.24. The fourth-order valence-electron chi connectivity index (χ4n) is 2.15.